The highest BCUT2D eigenvalue weighted by molar-refractivity contribution is 5.75. The first-order valence-corrected chi connectivity index (χ1v) is 4.52. The van der Waals surface area contributed by atoms with Gasteiger partial charge in [-0.1, -0.05) is 6.07 Å². The number of aromatic nitrogens is 2. The average molecular weight is 205 g/mol. The van der Waals surface area contributed by atoms with Crippen LogP contribution in [-0.4, -0.2) is 20.7 Å². The van der Waals surface area contributed by atoms with Crippen LogP contribution in [-0.2, 0) is 4.79 Å². The van der Waals surface area contributed by atoms with E-state index in [0.717, 1.165) is 11.1 Å². The fraction of sp³-hybridized carbons (Fsp3) is 0.200. The van der Waals surface area contributed by atoms with E-state index in [1.54, 1.807) is 10.6 Å². The molecule has 2 aromatic heterocycles. The summed E-state index contributed by atoms with van der Waals surface area (Å²) >= 11 is 0. The highest BCUT2D eigenvalue weighted by Gasteiger charge is 2.17. The lowest BCUT2D eigenvalue weighted by Gasteiger charge is -1.99. The largest absolute Gasteiger partial charge is 0.480 e. The molecule has 5 heteroatoms. The van der Waals surface area contributed by atoms with Crippen molar-refractivity contribution >= 4 is 11.5 Å². The fourth-order valence-corrected chi connectivity index (χ4v) is 1.39. The van der Waals surface area contributed by atoms with E-state index in [9.17, 15) is 4.79 Å². The molecule has 0 saturated heterocycles. The summed E-state index contributed by atoms with van der Waals surface area (Å²) in [5, 5.41) is 12.8. The molecule has 0 aliphatic rings. The van der Waals surface area contributed by atoms with Crippen molar-refractivity contribution in [2.45, 2.75) is 13.0 Å². The van der Waals surface area contributed by atoms with Crippen LogP contribution in [0.15, 0.2) is 24.4 Å². The Kier molecular flexibility index (Phi) is 2.17. The minimum atomic E-state index is -1.07. The number of hydrogen-bond donors (Lipinski definition) is 2. The molecule has 2 heterocycles. The van der Waals surface area contributed by atoms with Gasteiger partial charge in [0.25, 0.3) is 0 Å². The maximum absolute atomic E-state index is 10.7. The van der Waals surface area contributed by atoms with Gasteiger partial charge in [-0.05, 0) is 24.6 Å². The molecule has 0 amide bonds. The molecule has 0 aliphatic carbocycles. The Morgan fingerprint density at radius 2 is 2.33 bits per heavy atom. The van der Waals surface area contributed by atoms with Gasteiger partial charge >= 0.3 is 5.97 Å². The van der Waals surface area contributed by atoms with Gasteiger partial charge in [-0.25, -0.2) is 4.52 Å². The third kappa shape index (κ3) is 1.69. The maximum Gasteiger partial charge on any atom is 0.326 e. The number of nitrogens with two attached hydrogens (primary N) is 1. The van der Waals surface area contributed by atoms with E-state index in [-0.39, 0.29) is 0 Å². The molecule has 15 heavy (non-hydrogen) atoms. The summed E-state index contributed by atoms with van der Waals surface area (Å²) in [6.45, 7) is 1.94. The molecule has 0 fully saturated rings. The quantitative estimate of drug-likeness (QED) is 0.757. The van der Waals surface area contributed by atoms with Gasteiger partial charge in [-0.2, -0.15) is 5.10 Å². The summed E-state index contributed by atoms with van der Waals surface area (Å²) in [6, 6.07) is 4.43. The van der Waals surface area contributed by atoms with Crippen molar-refractivity contribution in [3.8, 4) is 0 Å². The standard InChI is InChI=1S/C10H11N3O2/c1-6-2-3-7-4-8(9(11)10(14)15)12-13(7)5-6/h2-5,9H,11H2,1H3,(H,14,15). The first kappa shape index (κ1) is 9.67. The van der Waals surface area contributed by atoms with Gasteiger partial charge in [0, 0.05) is 6.20 Å². The van der Waals surface area contributed by atoms with Gasteiger partial charge < -0.3 is 10.8 Å². The number of pyridine rings is 1. The minimum Gasteiger partial charge on any atom is -0.480 e. The molecule has 0 radical (unpaired) electrons. The SMILES string of the molecule is Cc1ccc2cc(C(N)C(=O)O)nn2c1. The van der Waals surface area contributed by atoms with E-state index < -0.39 is 12.0 Å². The van der Waals surface area contributed by atoms with Gasteiger partial charge in [0.2, 0.25) is 0 Å². The van der Waals surface area contributed by atoms with Crippen LogP contribution in [0.5, 0.6) is 0 Å². The Morgan fingerprint density at radius 3 is 3.00 bits per heavy atom. The van der Waals surface area contributed by atoms with Crippen molar-refractivity contribution in [3.05, 3.63) is 35.7 Å². The molecular weight excluding hydrogens is 194 g/mol. The first-order chi connectivity index (χ1) is 7.08. The Morgan fingerprint density at radius 1 is 1.60 bits per heavy atom. The molecule has 3 N–H and O–H groups in total. The minimum absolute atomic E-state index is 0.369. The molecule has 0 aliphatic heterocycles. The van der Waals surface area contributed by atoms with Crippen LogP contribution >= 0.6 is 0 Å². The van der Waals surface area contributed by atoms with E-state index in [2.05, 4.69) is 5.10 Å². The van der Waals surface area contributed by atoms with Crippen LogP contribution in [0.3, 0.4) is 0 Å². The smallest absolute Gasteiger partial charge is 0.326 e. The second kappa shape index (κ2) is 3.36. The number of aliphatic carboxylic acids is 1. The maximum atomic E-state index is 10.7. The van der Waals surface area contributed by atoms with Crippen LogP contribution < -0.4 is 5.73 Å². The monoisotopic (exact) mass is 205 g/mol. The van der Waals surface area contributed by atoms with Crippen LogP contribution in [0.4, 0.5) is 0 Å². The summed E-state index contributed by atoms with van der Waals surface area (Å²) in [4.78, 5) is 10.7. The number of rotatable bonds is 2. The molecule has 78 valence electrons. The van der Waals surface area contributed by atoms with Gasteiger partial charge in [0.05, 0.1) is 11.2 Å². The Balaban J connectivity index is 2.51. The van der Waals surface area contributed by atoms with Crippen molar-refractivity contribution in [3.63, 3.8) is 0 Å². The zero-order valence-electron chi connectivity index (χ0n) is 8.21. The van der Waals surface area contributed by atoms with E-state index in [1.807, 2.05) is 25.3 Å². The second-order valence-corrected chi connectivity index (χ2v) is 3.46. The molecule has 0 spiro atoms. The van der Waals surface area contributed by atoms with Crippen molar-refractivity contribution in [2.75, 3.05) is 0 Å². The van der Waals surface area contributed by atoms with E-state index >= 15 is 0 Å². The summed E-state index contributed by atoms with van der Waals surface area (Å²) in [6.07, 6.45) is 1.83. The van der Waals surface area contributed by atoms with Crippen LogP contribution in [0, 0.1) is 6.92 Å². The molecule has 5 nitrogen and oxygen atoms in total. The molecule has 0 aromatic carbocycles. The van der Waals surface area contributed by atoms with Gasteiger partial charge in [-0.15, -0.1) is 0 Å². The highest BCUT2D eigenvalue weighted by atomic mass is 16.4. The van der Waals surface area contributed by atoms with Gasteiger partial charge in [0.1, 0.15) is 6.04 Å². The van der Waals surface area contributed by atoms with Gasteiger partial charge in [-0.3, -0.25) is 4.79 Å². The molecule has 1 unspecified atom stereocenters. The lowest BCUT2D eigenvalue weighted by atomic mass is 10.2. The predicted octanol–water partition coefficient (Wildman–Crippen LogP) is 0.727. The zero-order chi connectivity index (χ0) is 11.0. The summed E-state index contributed by atoms with van der Waals surface area (Å²) < 4.78 is 1.63. The number of carbonyl (C=O) groups is 1. The third-order valence-electron chi connectivity index (χ3n) is 2.21. The van der Waals surface area contributed by atoms with Crippen molar-refractivity contribution in [2.24, 2.45) is 5.73 Å². The number of fused-ring (bicyclic) bond motifs is 1. The Hall–Kier alpha value is -1.88. The third-order valence-corrected chi connectivity index (χ3v) is 2.21. The van der Waals surface area contributed by atoms with Crippen LogP contribution in [0.25, 0.3) is 5.52 Å². The van der Waals surface area contributed by atoms with Gasteiger partial charge in [0.15, 0.2) is 0 Å². The summed E-state index contributed by atoms with van der Waals surface area (Å²) in [5.74, 6) is -1.07. The number of carboxylic acid groups (broad SMARTS) is 1. The van der Waals surface area contributed by atoms with E-state index in [1.165, 1.54) is 0 Å². The number of aryl methyl sites for hydroxylation is 1. The van der Waals surface area contributed by atoms with Crippen LogP contribution in [0.1, 0.15) is 17.3 Å². The summed E-state index contributed by atoms with van der Waals surface area (Å²) in [7, 11) is 0. The lowest BCUT2D eigenvalue weighted by molar-refractivity contribution is -0.138. The number of nitrogens with zero attached hydrogens (tertiary/aromatic N) is 2. The van der Waals surface area contributed by atoms with Crippen molar-refractivity contribution in [1.29, 1.82) is 0 Å². The number of hydrogen-bond acceptors (Lipinski definition) is 3. The second-order valence-electron chi connectivity index (χ2n) is 3.46. The van der Waals surface area contributed by atoms with E-state index in [0.29, 0.717) is 5.69 Å². The molecule has 1 atom stereocenters. The average Bonchev–Trinajstić information content (AvgIpc) is 2.58. The normalized spacial score (nSPS) is 12.9. The molecule has 0 bridgehead atoms. The van der Waals surface area contributed by atoms with E-state index in [4.69, 9.17) is 10.8 Å². The lowest BCUT2D eigenvalue weighted by Crippen LogP contribution is -2.21. The molecule has 0 saturated carbocycles. The Labute approximate surface area is 86.1 Å². The van der Waals surface area contributed by atoms with Crippen LogP contribution in [0.2, 0.25) is 0 Å². The molecular formula is C10H11N3O2. The zero-order valence-corrected chi connectivity index (χ0v) is 8.21. The van der Waals surface area contributed by atoms with Crippen molar-refractivity contribution in [1.82, 2.24) is 9.61 Å². The number of carboxylic acids is 1. The van der Waals surface area contributed by atoms with Crippen molar-refractivity contribution < 1.29 is 9.90 Å². The molecule has 2 aromatic rings. The molecule has 2 rings (SSSR count). The topological polar surface area (TPSA) is 80.6 Å². The first-order valence-electron chi connectivity index (χ1n) is 4.52. The Bertz CT molecular complexity index is 518. The highest BCUT2D eigenvalue weighted by Crippen LogP contribution is 2.13. The fourth-order valence-electron chi connectivity index (χ4n) is 1.39. The summed E-state index contributed by atoms with van der Waals surface area (Å²) in [5.41, 5.74) is 7.73. The predicted molar refractivity (Wildman–Crippen MR) is 54.5 cm³/mol.